The molecule has 0 radical (unpaired) electrons. The highest BCUT2D eigenvalue weighted by Crippen LogP contribution is 2.24. The monoisotopic (exact) mass is 284 g/mol. The van der Waals surface area contributed by atoms with E-state index in [0.717, 1.165) is 24.6 Å². The molecule has 0 bridgehead atoms. The summed E-state index contributed by atoms with van der Waals surface area (Å²) in [5.41, 5.74) is -0.333. The first-order valence-corrected chi connectivity index (χ1v) is 7.36. The predicted molar refractivity (Wildman–Crippen MR) is 75.6 cm³/mol. The van der Waals surface area contributed by atoms with Gasteiger partial charge in [0.15, 0.2) is 5.16 Å². The lowest BCUT2D eigenvalue weighted by molar-refractivity contribution is -0.133. The summed E-state index contributed by atoms with van der Waals surface area (Å²) < 4.78 is 1.89. The Hall–Kier alpha value is -1.30. The average molecular weight is 284 g/mol. The van der Waals surface area contributed by atoms with E-state index >= 15 is 0 Å². The van der Waals surface area contributed by atoms with E-state index in [9.17, 15) is 9.59 Å². The van der Waals surface area contributed by atoms with Gasteiger partial charge in [0.1, 0.15) is 0 Å². The van der Waals surface area contributed by atoms with Gasteiger partial charge in [-0.2, -0.15) is 4.98 Å². The highest BCUT2D eigenvalue weighted by molar-refractivity contribution is 7.99. The number of carboxylic acids is 1. The third-order valence-electron chi connectivity index (χ3n) is 3.04. The summed E-state index contributed by atoms with van der Waals surface area (Å²) in [6, 6.07) is 1.61. The molecule has 1 aromatic heterocycles. The first-order valence-electron chi connectivity index (χ1n) is 6.37. The molecule has 0 fully saturated rings. The molecule has 0 saturated heterocycles. The minimum Gasteiger partial charge on any atom is -0.481 e. The Morgan fingerprint density at radius 3 is 2.79 bits per heavy atom. The Kier molecular flexibility index (Phi) is 6.08. The van der Waals surface area contributed by atoms with E-state index in [2.05, 4.69) is 25.8 Å². The second-order valence-corrected chi connectivity index (χ2v) is 5.68. The van der Waals surface area contributed by atoms with Gasteiger partial charge in [0.2, 0.25) is 0 Å². The largest absolute Gasteiger partial charge is 0.481 e. The lowest BCUT2D eigenvalue weighted by atomic mass is 10.0. The molecule has 0 spiro atoms. The number of aliphatic carboxylic acids is 1. The average Bonchev–Trinajstić information content (AvgIpc) is 2.36. The summed E-state index contributed by atoms with van der Waals surface area (Å²) >= 11 is 1.08. The van der Waals surface area contributed by atoms with Crippen LogP contribution in [0.3, 0.4) is 0 Å². The molecule has 0 amide bonds. The maximum Gasteiger partial charge on any atom is 0.313 e. The van der Waals surface area contributed by atoms with Gasteiger partial charge in [-0.1, -0.05) is 32.0 Å². The summed E-state index contributed by atoms with van der Waals surface area (Å²) in [7, 11) is 0. The molecular weight excluding hydrogens is 264 g/mol. The maximum absolute atomic E-state index is 11.3. The number of aromatic nitrogens is 2. The highest BCUT2D eigenvalue weighted by Gasteiger charge is 2.14. The van der Waals surface area contributed by atoms with Crippen molar-refractivity contribution in [2.75, 3.05) is 5.75 Å². The normalized spacial score (nSPS) is 14.1. The van der Waals surface area contributed by atoms with E-state index < -0.39 is 5.97 Å². The SMILES string of the molecule is CCC(C)CC(C)n1ccc(=O)nc1SCC(=O)O. The van der Waals surface area contributed by atoms with Crippen molar-refractivity contribution in [2.24, 2.45) is 5.92 Å². The molecular formula is C13H20N2O3S. The second kappa shape index (κ2) is 7.33. The highest BCUT2D eigenvalue weighted by atomic mass is 32.2. The van der Waals surface area contributed by atoms with Crippen LogP contribution >= 0.6 is 11.8 Å². The van der Waals surface area contributed by atoms with Gasteiger partial charge in [-0.25, -0.2) is 0 Å². The van der Waals surface area contributed by atoms with Gasteiger partial charge in [0.25, 0.3) is 5.56 Å². The molecule has 1 N–H and O–H groups in total. The molecule has 0 aliphatic heterocycles. The molecule has 5 nitrogen and oxygen atoms in total. The van der Waals surface area contributed by atoms with E-state index in [-0.39, 0.29) is 17.4 Å². The van der Waals surface area contributed by atoms with Crippen molar-refractivity contribution in [1.82, 2.24) is 9.55 Å². The fourth-order valence-electron chi connectivity index (χ4n) is 1.83. The van der Waals surface area contributed by atoms with Gasteiger partial charge < -0.3 is 9.67 Å². The zero-order valence-corrected chi connectivity index (χ0v) is 12.3. The van der Waals surface area contributed by atoms with Crippen LogP contribution in [0, 0.1) is 5.92 Å². The van der Waals surface area contributed by atoms with E-state index in [1.54, 1.807) is 6.20 Å². The number of hydrogen-bond acceptors (Lipinski definition) is 4. The molecule has 2 atom stereocenters. The lowest BCUT2D eigenvalue weighted by Crippen LogP contribution is -2.18. The molecule has 0 aromatic carbocycles. The van der Waals surface area contributed by atoms with Crippen molar-refractivity contribution in [3.8, 4) is 0 Å². The first kappa shape index (κ1) is 15.8. The van der Waals surface area contributed by atoms with Crippen LogP contribution in [0.4, 0.5) is 0 Å². The minimum atomic E-state index is -0.913. The number of carbonyl (C=O) groups is 1. The van der Waals surface area contributed by atoms with Crippen molar-refractivity contribution in [3.05, 3.63) is 22.6 Å². The van der Waals surface area contributed by atoms with Gasteiger partial charge in [-0.05, 0) is 19.3 Å². The fraction of sp³-hybridized carbons (Fsp3) is 0.615. The number of nitrogens with zero attached hydrogens (tertiary/aromatic N) is 2. The molecule has 0 aliphatic carbocycles. The van der Waals surface area contributed by atoms with Crippen molar-refractivity contribution in [3.63, 3.8) is 0 Å². The molecule has 19 heavy (non-hydrogen) atoms. The van der Waals surface area contributed by atoms with Crippen LogP contribution in [0.2, 0.25) is 0 Å². The van der Waals surface area contributed by atoms with Crippen LogP contribution in [-0.2, 0) is 4.79 Å². The summed E-state index contributed by atoms with van der Waals surface area (Å²) in [5.74, 6) is -0.428. The summed E-state index contributed by atoms with van der Waals surface area (Å²) in [6.07, 6.45) is 3.77. The standard InChI is InChI=1S/C13H20N2O3S/c1-4-9(2)7-10(3)15-6-5-11(16)14-13(15)19-8-12(17)18/h5-6,9-10H,4,7-8H2,1-3H3,(H,17,18). The Morgan fingerprint density at radius 2 is 2.21 bits per heavy atom. The molecule has 6 heteroatoms. The third kappa shape index (κ3) is 5.06. The zero-order valence-electron chi connectivity index (χ0n) is 11.5. The smallest absolute Gasteiger partial charge is 0.313 e. The summed E-state index contributed by atoms with van der Waals surface area (Å²) in [6.45, 7) is 6.38. The molecule has 1 rings (SSSR count). The van der Waals surface area contributed by atoms with E-state index in [4.69, 9.17) is 5.11 Å². The van der Waals surface area contributed by atoms with Crippen LogP contribution in [-0.4, -0.2) is 26.4 Å². The van der Waals surface area contributed by atoms with Crippen molar-refractivity contribution in [2.45, 2.75) is 44.8 Å². The van der Waals surface area contributed by atoms with E-state index in [1.165, 1.54) is 6.07 Å². The molecule has 0 saturated carbocycles. The molecule has 1 aromatic rings. The van der Waals surface area contributed by atoms with Gasteiger partial charge in [-0.15, -0.1) is 0 Å². The van der Waals surface area contributed by atoms with Crippen LogP contribution in [0.25, 0.3) is 0 Å². The Balaban J connectivity index is 2.91. The molecule has 0 aliphatic rings. The zero-order chi connectivity index (χ0) is 14.4. The van der Waals surface area contributed by atoms with Crippen LogP contribution in [0.15, 0.2) is 22.2 Å². The van der Waals surface area contributed by atoms with E-state index in [1.807, 2.05) is 4.57 Å². The maximum atomic E-state index is 11.3. The van der Waals surface area contributed by atoms with Crippen molar-refractivity contribution in [1.29, 1.82) is 0 Å². The fourth-order valence-corrected chi connectivity index (χ4v) is 2.63. The Labute approximate surface area is 117 Å². The van der Waals surface area contributed by atoms with Crippen molar-refractivity contribution < 1.29 is 9.90 Å². The quantitative estimate of drug-likeness (QED) is 0.615. The van der Waals surface area contributed by atoms with Crippen LogP contribution in [0.5, 0.6) is 0 Å². The lowest BCUT2D eigenvalue weighted by Gasteiger charge is -2.21. The van der Waals surface area contributed by atoms with Gasteiger partial charge in [0.05, 0.1) is 5.75 Å². The Bertz CT molecular complexity index is 487. The number of carboxylic acid groups (broad SMARTS) is 1. The first-order chi connectivity index (χ1) is 8.93. The van der Waals surface area contributed by atoms with Crippen LogP contribution in [0.1, 0.15) is 39.7 Å². The van der Waals surface area contributed by atoms with Crippen molar-refractivity contribution >= 4 is 17.7 Å². The minimum absolute atomic E-state index is 0.0908. The Morgan fingerprint density at radius 1 is 1.53 bits per heavy atom. The number of rotatable bonds is 7. The van der Waals surface area contributed by atoms with Gasteiger partial charge in [0, 0.05) is 18.3 Å². The number of thioether (sulfide) groups is 1. The topological polar surface area (TPSA) is 72.2 Å². The molecule has 106 valence electrons. The predicted octanol–water partition coefficient (Wildman–Crippen LogP) is 2.42. The third-order valence-corrected chi connectivity index (χ3v) is 4.00. The molecule has 2 unspecified atom stereocenters. The van der Waals surface area contributed by atoms with Gasteiger partial charge >= 0.3 is 5.97 Å². The van der Waals surface area contributed by atoms with Crippen LogP contribution < -0.4 is 5.56 Å². The number of hydrogen-bond donors (Lipinski definition) is 1. The van der Waals surface area contributed by atoms with E-state index in [0.29, 0.717) is 11.1 Å². The van der Waals surface area contributed by atoms with Gasteiger partial charge in [-0.3, -0.25) is 9.59 Å². The molecule has 1 heterocycles. The summed E-state index contributed by atoms with van der Waals surface area (Å²) in [5, 5.41) is 9.20. The second-order valence-electron chi connectivity index (χ2n) is 4.74. The summed E-state index contributed by atoms with van der Waals surface area (Å²) in [4.78, 5) is 25.8.